The molecule has 5 N–H and O–H groups in total. The molecule has 49 heavy (non-hydrogen) atoms. The topological polar surface area (TPSA) is 120 Å². The van der Waals surface area contributed by atoms with Gasteiger partial charge in [0, 0.05) is 75.6 Å². The number of nitrogen functional groups attached to an aromatic ring is 1. The van der Waals surface area contributed by atoms with E-state index in [-0.39, 0.29) is 11.7 Å². The maximum Gasteiger partial charge on any atom is 0.254 e. The smallest absolute Gasteiger partial charge is 0.254 e. The molecule has 0 radical (unpaired) electrons. The van der Waals surface area contributed by atoms with Crippen molar-refractivity contribution in [3.05, 3.63) is 131 Å². The Balaban J connectivity index is 1.17. The predicted octanol–water partition coefficient (Wildman–Crippen LogP) is 5.23. The lowest BCUT2D eigenvalue weighted by atomic mass is 10.1. The van der Waals surface area contributed by atoms with Crippen LogP contribution in [0.15, 0.2) is 97.1 Å². The number of nitrogens with zero attached hydrogens (tertiary/aromatic N) is 5. The number of rotatable bonds is 14. The lowest BCUT2D eigenvalue weighted by Crippen LogP contribution is -2.47. The molecule has 1 fully saturated rings. The van der Waals surface area contributed by atoms with E-state index < -0.39 is 0 Å². The number of hydrogen-bond acceptors (Lipinski definition) is 6. The highest BCUT2D eigenvalue weighted by molar-refractivity contribution is 5.97. The number of aryl methyl sites for hydroxylation is 4. The SMILES string of the molecule is Cc1ccccc1N1CCN(CCCn2c(CCc3ccc(C(=N)N)cc3)nc3cc(C(=O)N(CCN)Cc4ccccc4)ccc32)CC1. The van der Waals surface area contributed by atoms with Gasteiger partial charge in [0.15, 0.2) is 0 Å². The van der Waals surface area contributed by atoms with Crippen LogP contribution in [0.5, 0.6) is 0 Å². The zero-order chi connectivity index (χ0) is 34.2. The summed E-state index contributed by atoms with van der Waals surface area (Å²) in [6.07, 6.45) is 2.59. The summed E-state index contributed by atoms with van der Waals surface area (Å²) in [7, 11) is 0. The molecule has 0 saturated carbocycles. The second kappa shape index (κ2) is 15.9. The highest BCUT2D eigenvalue weighted by Gasteiger charge is 2.20. The number of nitrogens with one attached hydrogen (secondary N) is 1. The summed E-state index contributed by atoms with van der Waals surface area (Å²) in [6.45, 7) is 9.63. The average Bonchev–Trinajstić information content (AvgIpc) is 3.48. The summed E-state index contributed by atoms with van der Waals surface area (Å²) in [5.74, 6) is 1.05. The number of amides is 1. The molecule has 1 amide bonds. The van der Waals surface area contributed by atoms with Gasteiger partial charge in [-0.15, -0.1) is 0 Å². The lowest BCUT2D eigenvalue weighted by molar-refractivity contribution is 0.0748. The number of para-hydroxylation sites is 1. The number of aromatic nitrogens is 2. The molecule has 0 spiro atoms. The third kappa shape index (κ3) is 8.36. The zero-order valence-corrected chi connectivity index (χ0v) is 28.5. The molecular formula is C40H48N8O. The number of piperazine rings is 1. The monoisotopic (exact) mass is 656 g/mol. The highest BCUT2D eigenvalue weighted by Crippen LogP contribution is 2.23. The van der Waals surface area contributed by atoms with E-state index in [0.29, 0.717) is 25.2 Å². The summed E-state index contributed by atoms with van der Waals surface area (Å²) >= 11 is 0. The molecule has 0 atom stereocenters. The minimum atomic E-state index is -0.0392. The fourth-order valence-electron chi connectivity index (χ4n) is 6.84. The van der Waals surface area contributed by atoms with Gasteiger partial charge < -0.3 is 25.8 Å². The number of benzene rings is 4. The van der Waals surface area contributed by atoms with Crippen LogP contribution >= 0.6 is 0 Å². The van der Waals surface area contributed by atoms with E-state index in [2.05, 4.69) is 51.6 Å². The number of carbonyl (C=O) groups excluding carboxylic acids is 1. The maximum atomic E-state index is 13.7. The minimum absolute atomic E-state index is 0.0392. The van der Waals surface area contributed by atoms with Gasteiger partial charge in [0.25, 0.3) is 5.91 Å². The van der Waals surface area contributed by atoms with Crippen LogP contribution in [-0.4, -0.2) is 76.9 Å². The molecule has 0 unspecified atom stereocenters. The first kappa shape index (κ1) is 33.9. The second-order valence-electron chi connectivity index (χ2n) is 13.0. The van der Waals surface area contributed by atoms with E-state index >= 15 is 0 Å². The van der Waals surface area contributed by atoms with Crippen molar-refractivity contribution in [3.63, 3.8) is 0 Å². The Bertz CT molecular complexity index is 1860. The second-order valence-corrected chi connectivity index (χ2v) is 13.0. The summed E-state index contributed by atoms with van der Waals surface area (Å²) in [5, 5.41) is 7.71. The average molecular weight is 657 g/mol. The summed E-state index contributed by atoms with van der Waals surface area (Å²) in [5.41, 5.74) is 19.8. The van der Waals surface area contributed by atoms with Crippen LogP contribution in [0.4, 0.5) is 5.69 Å². The largest absolute Gasteiger partial charge is 0.384 e. The molecule has 1 aliphatic rings. The van der Waals surface area contributed by atoms with Gasteiger partial charge in [-0.2, -0.15) is 0 Å². The van der Waals surface area contributed by atoms with Crippen molar-refractivity contribution < 1.29 is 4.79 Å². The number of imidazole rings is 1. The van der Waals surface area contributed by atoms with Crippen LogP contribution in [0, 0.1) is 12.3 Å². The van der Waals surface area contributed by atoms with Crippen LogP contribution in [0.1, 0.15) is 44.9 Å². The van der Waals surface area contributed by atoms with Gasteiger partial charge in [-0.1, -0.05) is 72.8 Å². The molecule has 254 valence electrons. The van der Waals surface area contributed by atoms with Crippen molar-refractivity contribution in [1.82, 2.24) is 19.4 Å². The normalized spacial score (nSPS) is 13.6. The molecule has 4 aromatic carbocycles. The van der Waals surface area contributed by atoms with Crippen molar-refractivity contribution >= 4 is 28.5 Å². The third-order valence-corrected chi connectivity index (χ3v) is 9.56. The van der Waals surface area contributed by atoms with Gasteiger partial charge in [-0.05, 0) is 67.3 Å². The van der Waals surface area contributed by atoms with Gasteiger partial charge in [-0.3, -0.25) is 15.1 Å². The van der Waals surface area contributed by atoms with Crippen molar-refractivity contribution in [3.8, 4) is 0 Å². The number of nitrogens with two attached hydrogens (primary N) is 2. The first-order valence-electron chi connectivity index (χ1n) is 17.4. The molecule has 0 bridgehead atoms. The van der Waals surface area contributed by atoms with Gasteiger partial charge in [0.05, 0.1) is 11.0 Å². The van der Waals surface area contributed by atoms with Gasteiger partial charge >= 0.3 is 0 Å². The number of amidine groups is 1. The Kier molecular flexibility index (Phi) is 11.0. The van der Waals surface area contributed by atoms with Crippen molar-refractivity contribution in [2.24, 2.45) is 11.5 Å². The summed E-state index contributed by atoms with van der Waals surface area (Å²) in [6, 6.07) is 32.5. The third-order valence-electron chi connectivity index (χ3n) is 9.56. The molecule has 0 aliphatic carbocycles. The Morgan fingerprint density at radius 2 is 1.55 bits per heavy atom. The van der Waals surface area contributed by atoms with Crippen LogP contribution in [0.25, 0.3) is 11.0 Å². The molecular weight excluding hydrogens is 608 g/mol. The maximum absolute atomic E-state index is 13.7. The molecule has 9 nitrogen and oxygen atoms in total. The van der Waals surface area contributed by atoms with Crippen LogP contribution in [0.2, 0.25) is 0 Å². The van der Waals surface area contributed by atoms with Gasteiger partial charge in [-0.25, -0.2) is 4.98 Å². The zero-order valence-electron chi connectivity index (χ0n) is 28.5. The molecule has 5 aromatic rings. The fourth-order valence-corrected chi connectivity index (χ4v) is 6.84. The van der Waals surface area contributed by atoms with Crippen LogP contribution in [-0.2, 0) is 25.9 Å². The van der Waals surface area contributed by atoms with Gasteiger partial charge in [0.2, 0.25) is 0 Å². The first-order chi connectivity index (χ1) is 23.9. The Hall–Kier alpha value is -4.99. The Morgan fingerprint density at radius 3 is 2.27 bits per heavy atom. The number of fused-ring (bicyclic) bond motifs is 1. The summed E-state index contributed by atoms with van der Waals surface area (Å²) < 4.78 is 2.35. The van der Waals surface area contributed by atoms with Crippen LogP contribution < -0.4 is 16.4 Å². The van der Waals surface area contributed by atoms with E-state index in [4.69, 9.17) is 21.9 Å². The Morgan fingerprint density at radius 1 is 0.837 bits per heavy atom. The van der Waals surface area contributed by atoms with Crippen molar-refractivity contribution in [2.75, 3.05) is 50.7 Å². The molecule has 1 aliphatic heterocycles. The lowest BCUT2D eigenvalue weighted by Gasteiger charge is -2.36. The number of anilines is 1. The quantitative estimate of drug-likeness (QED) is 0.111. The van der Waals surface area contributed by atoms with E-state index in [0.717, 1.165) is 86.5 Å². The number of hydrogen-bond donors (Lipinski definition) is 3. The highest BCUT2D eigenvalue weighted by atomic mass is 16.2. The molecule has 9 heteroatoms. The molecule has 1 saturated heterocycles. The van der Waals surface area contributed by atoms with E-state index in [1.807, 2.05) is 71.6 Å². The fraction of sp³-hybridized carbons (Fsp3) is 0.325. The van der Waals surface area contributed by atoms with Gasteiger partial charge in [0.1, 0.15) is 11.7 Å². The van der Waals surface area contributed by atoms with E-state index in [1.165, 1.54) is 16.8 Å². The summed E-state index contributed by atoms with van der Waals surface area (Å²) in [4.78, 5) is 25.7. The van der Waals surface area contributed by atoms with Crippen LogP contribution in [0.3, 0.4) is 0 Å². The van der Waals surface area contributed by atoms with Crippen molar-refractivity contribution in [2.45, 2.75) is 39.3 Å². The minimum Gasteiger partial charge on any atom is -0.384 e. The molecule has 6 rings (SSSR count). The predicted molar refractivity (Wildman–Crippen MR) is 199 cm³/mol. The molecule has 2 heterocycles. The van der Waals surface area contributed by atoms with E-state index in [1.54, 1.807) is 0 Å². The Labute approximate surface area is 289 Å². The number of carbonyl (C=O) groups is 1. The van der Waals surface area contributed by atoms with E-state index in [9.17, 15) is 4.79 Å². The molecule has 1 aromatic heterocycles. The standard InChI is InChI=1S/C40H48N8O/c1-30-8-5-6-11-36(30)46-26-24-45(25-27-46)21-7-22-48-37-18-17-34(40(49)47(23-20-41)29-32-9-3-2-4-10-32)28-35(37)44-38(48)19-14-31-12-15-33(16-13-31)39(42)43/h2-6,8-13,15-18,28H,7,14,19-27,29,41H2,1H3,(H3,42,43). The first-order valence-corrected chi connectivity index (χ1v) is 17.4. The van der Waals surface area contributed by atoms with Crippen molar-refractivity contribution in [1.29, 1.82) is 5.41 Å².